The normalized spacial score (nSPS) is 12.4. The Morgan fingerprint density at radius 3 is 2.27 bits per heavy atom. The summed E-state index contributed by atoms with van der Waals surface area (Å²) in [6, 6.07) is 12.3. The number of rotatable bonds is 11. The summed E-state index contributed by atoms with van der Waals surface area (Å²) in [6.07, 6.45) is -6.08. The zero-order valence-corrected chi connectivity index (χ0v) is 25.0. The van der Waals surface area contributed by atoms with Crippen LogP contribution in [-0.2, 0) is 35.3 Å². The second-order valence-corrected chi connectivity index (χ2v) is 11.6. The van der Waals surface area contributed by atoms with Gasteiger partial charge in [-0.1, -0.05) is 29.8 Å². The number of carbonyl (C=O) groups is 2. The molecule has 0 aliphatic carbocycles. The SMILES string of the molecule is CC(=O)OCON=[N+]([O-])N(C)C(C)(C)COC(=O)NS(=O)(=O)c1ccc(-n2nc(C(F)(F)F)cc2-c2ccc(C)cc2)cc1. The first-order valence-electron chi connectivity index (χ1n) is 12.6. The first-order chi connectivity index (χ1) is 20.4. The van der Waals surface area contributed by atoms with Gasteiger partial charge < -0.3 is 19.5 Å². The number of nitrogens with zero attached hydrogens (tertiary/aromatic N) is 5. The van der Waals surface area contributed by atoms with E-state index in [1.165, 1.54) is 33.0 Å². The van der Waals surface area contributed by atoms with Crippen LogP contribution in [0.4, 0.5) is 18.0 Å². The van der Waals surface area contributed by atoms with Crippen molar-refractivity contribution in [3.05, 3.63) is 71.1 Å². The molecule has 0 unspecified atom stereocenters. The first kappa shape index (κ1) is 33.6. The molecule has 0 aliphatic rings. The van der Waals surface area contributed by atoms with Crippen molar-refractivity contribution < 1.29 is 50.5 Å². The molecule has 0 fully saturated rings. The molecule has 14 nitrogen and oxygen atoms in total. The maximum absolute atomic E-state index is 13.5. The Kier molecular flexibility index (Phi) is 10.1. The molecule has 2 aromatic carbocycles. The van der Waals surface area contributed by atoms with Gasteiger partial charge in [0.05, 0.1) is 28.3 Å². The third-order valence-electron chi connectivity index (χ3n) is 6.09. The molecular weight excluding hydrogens is 613 g/mol. The van der Waals surface area contributed by atoms with Crippen LogP contribution in [0, 0.1) is 12.1 Å². The number of nitrogens with one attached hydrogen (secondary N) is 1. The topological polar surface area (TPSA) is 167 Å². The summed E-state index contributed by atoms with van der Waals surface area (Å²) in [5.41, 5.74) is -0.734. The third-order valence-corrected chi connectivity index (χ3v) is 7.42. The number of aromatic nitrogens is 2. The van der Waals surface area contributed by atoms with Crippen LogP contribution in [0.1, 0.15) is 32.0 Å². The highest BCUT2D eigenvalue weighted by atomic mass is 32.2. The lowest BCUT2D eigenvalue weighted by atomic mass is 10.1. The Hall–Kier alpha value is -4.87. The molecule has 0 bridgehead atoms. The average Bonchev–Trinajstić information content (AvgIpc) is 3.40. The van der Waals surface area contributed by atoms with Crippen LogP contribution in [0.25, 0.3) is 16.9 Å². The van der Waals surface area contributed by atoms with E-state index in [4.69, 9.17) is 4.74 Å². The standard InChI is InChI=1S/C26H29F3N6O8S/c1-17-6-8-19(9-7-17)22-14-23(26(27,28)29)30-34(22)20-10-12-21(13-11-20)44(39,40)31-24(37)41-15-25(3,4)33(5)35(38)32-43-16-42-18(2)36/h6-14H,15-16H2,1-5H3,(H,31,37). The van der Waals surface area contributed by atoms with Crippen LogP contribution in [0.2, 0.25) is 0 Å². The zero-order valence-electron chi connectivity index (χ0n) is 24.2. The quantitative estimate of drug-likeness (QED) is 0.0794. The number of hydrogen-bond acceptors (Lipinski definition) is 10. The lowest BCUT2D eigenvalue weighted by Gasteiger charge is -2.30. The number of amides is 1. The minimum absolute atomic E-state index is 0.00454. The van der Waals surface area contributed by atoms with E-state index in [0.717, 1.165) is 40.4 Å². The number of hydrogen-bond donors (Lipinski definition) is 1. The van der Waals surface area contributed by atoms with E-state index in [1.54, 1.807) is 29.0 Å². The number of halogens is 3. The monoisotopic (exact) mass is 642 g/mol. The smallest absolute Gasteiger partial charge is 0.435 e. The van der Waals surface area contributed by atoms with Gasteiger partial charge in [0.2, 0.25) is 5.28 Å². The van der Waals surface area contributed by atoms with Gasteiger partial charge in [-0.25, -0.2) is 22.6 Å². The summed E-state index contributed by atoms with van der Waals surface area (Å²) in [4.78, 5) is 27.2. The Morgan fingerprint density at radius 1 is 1.09 bits per heavy atom. The number of carbonyl (C=O) groups excluding carboxylic acids is 2. The number of aryl methyl sites for hydroxylation is 1. The number of esters is 1. The second-order valence-electron chi connectivity index (χ2n) is 9.92. The van der Waals surface area contributed by atoms with Crippen LogP contribution in [-0.4, -0.2) is 66.2 Å². The van der Waals surface area contributed by atoms with E-state index >= 15 is 0 Å². The molecule has 0 radical (unpaired) electrons. The minimum Gasteiger partial charge on any atom is -0.569 e. The Morgan fingerprint density at radius 2 is 1.70 bits per heavy atom. The van der Waals surface area contributed by atoms with Crippen molar-refractivity contribution in [2.75, 3.05) is 20.4 Å². The Balaban J connectivity index is 1.71. The Labute approximate surface area is 250 Å². The number of alkyl halides is 3. The first-order valence-corrected chi connectivity index (χ1v) is 14.1. The van der Waals surface area contributed by atoms with Gasteiger partial charge in [0.25, 0.3) is 16.8 Å². The van der Waals surface area contributed by atoms with Crippen molar-refractivity contribution in [2.45, 2.75) is 44.3 Å². The van der Waals surface area contributed by atoms with Crippen molar-refractivity contribution in [3.63, 3.8) is 0 Å². The summed E-state index contributed by atoms with van der Waals surface area (Å²) in [7, 11) is -3.19. The van der Waals surface area contributed by atoms with Crippen LogP contribution >= 0.6 is 0 Å². The Bertz CT molecular complexity index is 1620. The number of benzene rings is 2. The molecule has 0 saturated carbocycles. The molecule has 0 spiro atoms. The van der Waals surface area contributed by atoms with Gasteiger partial charge in [-0.05, 0) is 51.1 Å². The molecule has 3 aromatic rings. The summed E-state index contributed by atoms with van der Waals surface area (Å²) < 4.78 is 78.2. The number of sulfonamides is 1. The summed E-state index contributed by atoms with van der Waals surface area (Å²) in [5.74, 6) is -0.652. The van der Waals surface area contributed by atoms with E-state index in [-0.39, 0.29) is 21.2 Å². The molecule has 0 saturated heterocycles. The maximum Gasteiger partial charge on any atom is 0.435 e. The molecule has 0 atom stereocenters. The van der Waals surface area contributed by atoms with Crippen LogP contribution < -0.4 is 4.72 Å². The van der Waals surface area contributed by atoms with Crippen molar-refractivity contribution in [2.24, 2.45) is 5.28 Å². The maximum atomic E-state index is 13.5. The summed E-state index contributed by atoms with van der Waals surface area (Å²) in [5, 5.41) is 19.9. The minimum atomic E-state index is -4.72. The van der Waals surface area contributed by atoms with Gasteiger partial charge in [0.1, 0.15) is 12.1 Å². The number of likely N-dealkylation sites (N-methyl/N-ethyl adjacent to an activating group) is 1. The fraction of sp³-hybridized carbons (Fsp3) is 0.346. The van der Waals surface area contributed by atoms with Gasteiger partial charge in [-0.3, -0.25) is 4.79 Å². The molecule has 1 heterocycles. The van der Waals surface area contributed by atoms with E-state index in [2.05, 4.69) is 20.0 Å². The van der Waals surface area contributed by atoms with Gasteiger partial charge in [0, 0.05) is 12.5 Å². The van der Waals surface area contributed by atoms with Crippen LogP contribution in [0.5, 0.6) is 0 Å². The predicted molar refractivity (Wildman–Crippen MR) is 146 cm³/mol. The highest BCUT2D eigenvalue weighted by molar-refractivity contribution is 7.90. The molecule has 3 rings (SSSR count). The van der Waals surface area contributed by atoms with Crippen molar-refractivity contribution in [1.29, 1.82) is 0 Å². The fourth-order valence-electron chi connectivity index (χ4n) is 3.42. The average molecular weight is 643 g/mol. The molecule has 1 N–H and O–H groups in total. The fourth-order valence-corrected chi connectivity index (χ4v) is 4.31. The molecule has 0 aliphatic heterocycles. The highest BCUT2D eigenvalue weighted by Gasteiger charge is 2.36. The summed E-state index contributed by atoms with van der Waals surface area (Å²) in [6.45, 7) is 4.82. The van der Waals surface area contributed by atoms with Gasteiger partial charge in [0.15, 0.2) is 5.69 Å². The van der Waals surface area contributed by atoms with Gasteiger partial charge in [-0.15, -0.1) is 5.01 Å². The van der Waals surface area contributed by atoms with E-state index < -0.39 is 52.9 Å². The molecular formula is C26H29F3N6O8S. The lowest BCUT2D eigenvalue weighted by molar-refractivity contribution is -0.721. The van der Waals surface area contributed by atoms with Gasteiger partial charge >= 0.3 is 18.2 Å². The third kappa shape index (κ3) is 8.59. The molecule has 1 amide bonds. The number of hydrazine groups is 1. The largest absolute Gasteiger partial charge is 0.569 e. The van der Waals surface area contributed by atoms with Crippen molar-refractivity contribution >= 4 is 22.1 Å². The molecule has 44 heavy (non-hydrogen) atoms. The molecule has 1 aromatic heterocycles. The van der Waals surface area contributed by atoms with Gasteiger partial charge in [-0.2, -0.15) is 18.3 Å². The lowest BCUT2D eigenvalue weighted by Crippen LogP contribution is -2.49. The number of ether oxygens (including phenoxy) is 2. The molecule has 238 valence electrons. The highest BCUT2D eigenvalue weighted by Crippen LogP contribution is 2.33. The zero-order chi connectivity index (χ0) is 32.9. The van der Waals surface area contributed by atoms with E-state index in [1.807, 2.05) is 6.92 Å². The van der Waals surface area contributed by atoms with Crippen molar-refractivity contribution in [1.82, 2.24) is 19.5 Å². The van der Waals surface area contributed by atoms with Crippen LogP contribution in [0.3, 0.4) is 0 Å². The molecule has 18 heteroatoms. The second kappa shape index (κ2) is 13.2. The van der Waals surface area contributed by atoms with E-state index in [0.29, 0.717) is 5.56 Å². The van der Waals surface area contributed by atoms with E-state index in [9.17, 15) is 36.4 Å². The van der Waals surface area contributed by atoms with Crippen molar-refractivity contribution in [3.8, 4) is 16.9 Å². The predicted octanol–water partition coefficient (Wildman–Crippen LogP) is 4.32. The van der Waals surface area contributed by atoms with Crippen LogP contribution in [0.15, 0.2) is 64.8 Å². The summed E-state index contributed by atoms with van der Waals surface area (Å²) >= 11 is 0.